The molecule has 0 fully saturated rings. The molecule has 0 bridgehead atoms. The number of benzene rings is 1. The third kappa shape index (κ3) is 6.13. The van der Waals surface area contributed by atoms with Gasteiger partial charge in [-0.05, 0) is 48.8 Å². The maximum Gasteiger partial charge on any atom is 0.0366 e. The van der Waals surface area contributed by atoms with Crippen LogP contribution >= 0.6 is 0 Å². The molecule has 0 N–H and O–H groups in total. The molecule has 0 heterocycles. The Kier molecular flexibility index (Phi) is 6.97. The second-order valence-corrected chi connectivity index (χ2v) is 6.37. The third-order valence-electron chi connectivity index (χ3n) is 3.66. The van der Waals surface area contributed by atoms with Crippen molar-refractivity contribution < 1.29 is 0 Å². The highest BCUT2D eigenvalue weighted by Gasteiger charge is 2.08. The molecular weight excluding hydrogens is 230 g/mol. The van der Waals surface area contributed by atoms with E-state index in [0.29, 0.717) is 0 Å². The molecule has 0 amide bonds. The van der Waals surface area contributed by atoms with E-state index in [0.717, 1.165) is 18.3 Å². The van der Waals surface area contributed by atoms with E-state index in [1.807, 2.05) is 0 Å². The Morgan fingerprint density at radius 2 is 1.32 bits per heavy atom. The molecule has 0 radical (unpaired) electrons. The van der Waals surface area contributed by atoms with Gasteiger partial charge in [-0.2, -0.15) is 0 Å². The fraction of sp³-hybridized carbons (Fsp3) is 0.667. The standard InChI is InChI=1S/C18H31N/c1-6-17-7-9-18(10-8-17)19(13-11-15(2)3)14-12-16(4)5/h7-10,15-16H,6,11-14H2,1-5H3. The lowest BCUT2D eigenvalue weighted by molar-refractivity contribution is 0.535. The Labute approximate surface area is 120 Å². The predicted octanol–water partition coefficient (Wildman–Crippen LogP) is 5.15. The Bertz CT molecular complexity index is 325. The minimum Gasteiger partial charge on any atom is -0.372 e. The van der Waals surface area contributed by atoms with Crippen LogP contribution in [0.15, 0.2) is 24.3 Å². The van der Waals surface area contributed by atoms with Gasteiger partial charge < -0.3 is 4.90 Å². The number of nitrogens with zero attached hydrogens (tertiary/aromatic N) is 1. The van der Waals surface area contributed by atoms with Crippen molar-refractivity contribution in [2.75, 3.05) is 18.0 Å². The summed E-state index contributed by atoms with van der Waals surface area (Å²) in [6.07, 6.45) is 3.67. The molecule has 0 unspecified atom stereocenters. The molecule has 1 heteroatoms. The first kappa shape index (κ1) is 16.1. The average Bonchev–Trinajstić information content (AvgIpc) is 2.38. The van der Waals surface area contributed by atoms with Crippen LogP contribution in [0.3, 0.4) is 0 Å². The quantitative estimate of drug-likeness (QED) is 0.625. The molecule has 0 atom stereocenters. The monoisotopic (exact) mass is 261 g/mol. The summed E-state index contributed by atoms with van der Waals surface area (Å²) in [6.45, 7) is 13.8. The van der Waals surface area contributed by atoms with Gasteiger partial charge in [-0.25, -0.2) is 0 Å². The summed E-state index contributed by atoms with van der Waals surface area (Å²) >= 11 is 0. The van der Waals surface area contributed by atoms with Crippen LogP contribution in [0.5, 0.6) is 0 Å². The van der Waals surface area contributed by atoms with Gasteiger partial charge in [0.15, 0.2) is 0 Å². The number of rotatable bonds is 8. The maximum absolute atomic E-state index is 2.55. The van der Waals surface area contributed by atoms with Crippen LogP contribution in [0.4, 0.5) is 5.69 Å². The lowest BCUT2D eigenvalue weighted by Gasteiger charge is -2.27. The van der Waals surface area contributed by atoms with Crippen LogP contribution in [0.25, 0.3) is 0 Å². The molecule has 1 nitrogen and oxygen atoms in total. The van der Waals surface area contributed by atoms with Crippen molar-refractivity contribution in [1.29, 1.82) is 0 Å². The van der Waals surface area contributed by atoms with Gasteiger partial charge in [0.1, 0.15) is 0 Å². The minimum absolute atomic E-state index is 0.775. The Morgan fingerprint density at radius 3 is 1.68 bits per heavy atom. The lowest BCUT2D eigenvalue weighted by Crippen LogP contribution is -2.27. The first-order valence-corrected chi connectivity index (χ1v) is 7.86. The zero-order valence-corrected chi connectivity index (χ0v) is 13.4. The summed E-state index contributed by atoms with van der Waals surface area (Å²) < 4.78 is 0. The van der Waals surface area contributed by atoms with Crippen molar-refractivity contribution in [2.45, 2.75) is 53.9 Å². The fourth-order valence-corrected chi connectivity index (χ4v) is 2.14. The topological polar surface area (TPSA) is 3.24 Å². The van der Waals surface area contributed by atoms with Crippen LogP contribution in [0.1, 0.15) is 53.0 Å². The van der Waals surface area contributed by atoms with Gasteiger partial charge in [-0.1, -0.05) is 46.8 Å². The number of aryl methyl sites for hydroxylation is 1. The predicted molar refractivity (Wildman–Crippen MR) is 86.9 cm³/mol. The van der Waals surface area contributed by atoms with Crippen molar-refractivity contribution in [1.82, 2.24) is 0 Å². The molecule has 1 aromatic rings. The van der Waals surface area contributed by atoms with Crippen LogP contribution in [-0.2, 0) is 6.42 Å². The van der Waals surface area contributed by atoms with E-state index in [1.54, 1.807) is 0 Å². The molecule has 0 aromatic heterocycles. The average molecular weight is 261 g/mol. The zero-order chi connectivity index (χ0) is 14.3. The highest BCUT2D eigenvalue weighted by atomic mass is 15.1. The lowest BCUT2D eigenvalue weighted by atomic mass is 10.1. The first-order chi connectivity index (χ1) is 9.02. The van der Waals surface area contributed by atoms with E-state index in [1.165, 1.54) is 37.2 Å². The van der Waals surface area contributed by atoms with Gasteiger partial charge in [0.2, 0.25) is 0 Å². The largest absolute Gasteiger partial charge is 0.372 e. The number of hydrogen-bond acceptors (Lipinski definition) is 1. The summed E-state index contributed by atoms with van der Waals surface area (Å²) in [7, 11) is 0. The zero-order valence-electron chi connectivity index (χ0n) is 13.4. The second kappa shape index (κ2) is 8.24. The van der Waals surface area contributed by atoms with Gasteiger partial charge in [0.05, 0.1) is 0 Å². The molecule has 0 aliphatic carbocycles. The van der Waals surface area contributed by atoms with Crippen LogP contribution in [0, 0.1) is 11.8 Å². The molecule has 19 heavy (non-hydrogen) atoms. The first-order valence-electron chi connectivity index (χ1n) is 7.86. The number of anilines is 1. The SMILES string of the molecule is CCc1ccc(N(CCC(C)C)CCC(C)C)cc1. The van der Waals surface area contributed by atoms with E-state index < -0.39 is 0 Å². The molecule has 1 aromatic carbocycles. The number of hydrogen-bond donors (Lipinski definition) is 0. The Morgan fingerprint density at radius 1 is 0.842 bits per heavy atom. The van der Waals surface area contributed by atoms with Crippen LogP contribution in [0.2, 0.25) is 0 Å². The van der Waals surface area contributed by atoms with Gasteiger partial charge in [0, 0.05) is 18.8 Å². The summed E-state index contributed by atoms with van der Waals surface area (Å²) in [4.78, 5) is 2.55. The summed E-state index contributed by atoms with van der Waals surface area (Å²) in [5.41, 5.74) is 2.81. The summed E-state index contributed by atoms with van der Waals surface area (Å²) in [5, 5.41) is 0. The smallest absolute Gasteiger partial charge is 0.0366 e. The molecule has 0 aliphatic heterocycles. The highest BCUT2D eigenvalue weighted by Crippen LogP contribution is 2.18. The molecule has 1 rings (SSSR count). The van der Waals surface area contributed by atoms with Gasteiger partial charge in [-0.15, -0.1) is 0 Å². The van der Waals surface area contributed by atoms with E-state index in [2.05, 4.69) is 63.8 Å². The molecule has 0 saturated carbocycles. The van der Waals surface area contributed by atoms with Gasteiger partial charge >= 0.3 is 0 Å². The van der Waals surface area contributed by atoms with E-state index in [-0.39, 0.29) is 0 Å². The second-order valence-electron chi connectivity index (χ2n) is 6.37. The van der Waals surface area contributed by atoms with Crippen LogP contribution in [-0.4, -0.2) is 13.1 Å². The third-order valence-corrected chi connectivity index (χ3v) is 3.66. The molecule has 0 aliphatic rings. The van der Waals surface area contributed by atoms with Crippen molar-refractivity contribution in [3.05, 3.63) is 29.8 Å². The van der Waals surface area contributed by atoms with E-state index in [4.69, 9.17) is 0 Å². The molecule has 0 saturated heterocycles. The highest BCUT2D eigenvalue weighted by molar-refractivity contribution is 5.47. The van der Waals surface area contributed by atoms with E-state index in [9.17, 15) is 0 Å². The van der Waals surface area contributed by atoms with Gasteiger partial charge in [0.25, 0.3) is 0 Å². The molecule has 0 spiro atoms. The fourth-order valence-electron chi connectivity index (χ4n) is 2.14. The van der Waals surface area contributed by atoms with Crippen LogP contribution < -0.4 is 4.90 Å². The van der Waals surface area contributed by atoms with Crippen molar-refractivity contribution in [3.8, 4) is 0 Å². The Hall–Kier alpha value is -0.980. The summed E-state index contributed by atoms with van der Waals surface area (Å²) in [5.74, 6) is 1.55. The molecule has 108 valence electrons. The van der Waals surface area contributed by atoms with Crippen molar-refractivity contribution in [3.63, 3.8) is 0 Å². The van der Waals surface area contributed by atoms with Crippen molar-refractivity contribution in [2.24, 2.45) is 11.8 Å². The minimum atomic E-state index is 0.775. The summed E-state index contributed by atoms with van der Waals surface area (Å²) in [6, 6.07) is 9.12. The molecular formula is C18H31N. The van der Waals surface area contributed by atoms with Gasteiger partial charge in [-0.3, -0.25) is 0 Å². The Balaban J connectivity index is 2.69. The van der Waals surface area contributed by atoms with E-state index >= 15 is 0 Å². The maximum atomic E-state index is 2.55. The normalized spacial score (nSPS) is 11.3. The van der Waals surface area contributed by atoms with Crippen molar-refractivity contribution >= 4 is 5.69 Å².